The van der Waals surface area contributed by atoms with E-state index in [1.165, 1.54) is 6.07 Å². The number of carbonyl (C=O) groups excluding carboxylic acids is 1. The van der Waals surface area contributed by atoms with Crippen LogP contribution in [0.25, 0.3) is 0 Å². The number of hydrogen-bond donors (Lipinski definition) is 2. The first kappa shape index (κ1) is 20.5. The maximum absolute atomic E-state index is 13.2. The van der Waals surface area contributed by atoms with E-state index >= 15 is 0 Å². The number of nitrogens with zero attached hydrogens (tertiary/aromatic N) is 2. The lowest BCUT2D eigenvalue weighted by molar-refractivity contribution is -0.126. The second-order valence-corrected chi connectivity index (χ2v) is 7.59. The van der Waals surface area contributed by atoms with Gasteiger partial charge in [0.2, 0.25) is 5.91 Å². The van der Waals surface area contributed by atoms with Gasteiger partial charge >= 0.3 is 0 Å². The molecule has 0 bridgehead atoms. The minimum absolute atomic E-state index is 0. The van der Waals surface area contributed by atoms with Crippen molar-refractivity contribution in [1.29, 1.82) is 0 Å². The molecule has 1 amide bonds. The average Bonchev–Trinajstić information content (AvgIpc) is 3.16. The predicted octanol–water partition coefficient (Wildman–Crippen LogP) is 0.732. The Morgan fingerprint density at radius 3 is 2.77 bits per heavy atom. The predicted molar refractivity (Wildman–Crippen MR) is 94.2 cm³/mol. The molecular formula is C15H19ClF2N4O3S. The molecule has 1 saturated heterocycles. The van der Waals surface area contributed by atoms with Crippen LogP contribution in [-0.4, -0.2) is 56.7 Å². The standard InChI is InChI=1S/C15H18F2N4O3S.ClH/c16-15(17,8-18)9-19-14(22)11-5-3-7-21(11)13-10-4-1-2-6-12(10)25(23,24)20-13;/h1-2,4,6,11H,3,5,7-9,18H2,(H,19,22);1H. The fourth-order valence-corrected chi connectivity index (χ4v) is 4.21. The number of alkyl halides is 2. The van der Waals surface area contributed by atoms with Gasteiger partial charge in [0, 0.05) is 12.1 Å². The molecule has 1 atom stereocenters. The summed E-state index contributed by atoms with van der Waals surface area (Å²) in [5.41, 5.74) is 5.38. The zero-order chi connectivity index (χ0) is 18.2. The molecule has 3 rings (SSSR count). The first-order valence-corrected chi connectivity index (χ1v) is 9.26. The molecule has 26 heavy (non-hydrogen) atoms. The summed E-state index contributed by atoms with van der Waals surface area (Å²) in [6.07, 6.45) is 1.06. The third-order valence-corrected chi connectivity index (χ3v) is 5.59. The lowest BCUT2D eigenvalue weighted by Gasteiger charge is -2.26. The Bertz CT molecular complexity index is 832. The minimum atomic E-state index is -3.80. The highest BCUT2D eigenvalue weighted by atomic mass is 35.5. The van der Waals surface area contributed by atoms with E-state index in [2.05, 4.69) is 9.71 Å². The van der Waals surface area contributed by atoms with Crippen LogP contribution in [0.5, 0.6) is 0 Å². The molecule has 2 aliphatic heterocycles. The van der Waals surface area contributed by atoms with Crippen LogP contribution in [0.2, 0.25) is 0 Å². The molecule has 0 aromatic heterocycles. The first-order valence-electron chi connectivity index (χ1n) is 7.82. The fourth-order valence-electron chi connectivity index (χ4n) is 2.99. The highest BCUT2D eigenvalue weighted by Gasteiger charge is 2.39. The van der Waals surface area contributed by atoms with Crippen LogP contribution in [0.15, 0.2) is 33.6 Å². The topological polar surface area (TPSA) is 105 Å². The number of likely N-dealkylation sites (tertiary alicyclic amines) is 1. The van der Waals surface area contributed by atoms with Crippen LogP contribution in [0.3, 0.4) is 0 Å². The van der Waals surface area contributed by atoms with Gasteiger partial charge in [-0.15, -0.1) is 16.8 Å². The van der Waals surface area contributed by atoms with Gasteiger partial charge in [-0.3, -0.25) is 4.79 Å². The molecule has 11 heteroatoms. The Hall–Kier alpha value is -1.78. The normalized spacial score (nSPS) is 21.0. The van der Waals surface area contributed by atoms with E-state index in [4.69, 9.17) is 5.73 Å². The van der Waals surface area contributed by atoms with Crippen molar-refractivity contribution in [1.82, 2.24) is 10.2 Å². The van der Waals surface area contributed by atoms with Crippen molar-refractivity contribution >= 4 is 34.2 Å². The molecule has 2 aliphatic rings. The van der Waals surface area contributed by atoms with Gasteiger partial charge in [0.05, 0.1) is 13.1 Å². The molecule has 0 spiro atoms. The summed E-state index contributed by atoms with van der Waals surface area (Å²) in [6, 6.07) is 5.61. The largest absolute Gasteiger partial charge is 0.348 e. The zero-order valence-electron chi connectivity index (χ0n) is 13.7. The van der Waals surface area contributed by atoms with Crippen LogP contribution in [0.1, 0.15) is 18.4 Å². The molecule has 144 valence electrons. The van der Waals surface area contributed by atoms with Gasteiger partial charge in [-0.1, -0.05) is 12.1 Å². The third kappa shape index (κ3) is 3.81. The molecule has 3 N–H and O–H groups in total. The van der Waals surface area contributed by atoms with Crippen LogP contribution < -0.4 is 11.1 Å². The van der Waals surface area contributed by atoms with E-state index in [-0.39, 0.29) is 23.1 Å². The van der Waals surface area contributed by atoms with Crippen LogP contribution in [-0.2, 0) is 14.8 Å². The van der Waals surface area contributed by atoms with Crippen molar-refractivity contribution in [3.8, 4) is 0 Å². The van der Waals surface area contributed by atoms with E-state index in [9.17, 15) is 22.0 Å². The number of halogens is 3. The van der Waals surface area contributed by atoms with E-state index in [0.717, 1.165) is 0 Å². The van der Waals surface area contributed by atoms with Crippen LogP contribution in [0, 0.1) is 0 Å². The highest BCUT2D eigenvalue weighted by Crippen LogP contribution is 2.31. The van der Waals surface area contributed by atoms with E-state index in [0.29, 0.717) is 24.9 Å². The summed E-state index contributed by atoms with van der Waals surface area (Å²) >= 11 is 0. The number of fused-ring (bicyclic) bond motifs is 1. The van der Waals surface area contributed by atoms with Crippen molar-refractivity contribution in [2.24, 2.45) is 10.1 Å². The Labute approximate surface area is 156 Å². The number of amidine groups is 1. The van der Waals surface area contributed by atoms with E-state index < -0.39 is 41.0 Å². The zero-order valence-corrected chi connectivity index (χ0v) is 15.3. The lowest BCUT2D eigenvalue weighted by Crippen LogP contribution is -2.49. The number of sulfonamides is 1. The Balaban J connectivity index is 0.00000243. The van der Waals surface area contributed by atoms with Crippen molar-refractivity contribution in [2.75, 3.05) is 19.6 Å². The summed E-state index contributed by atoms with van der Waals surface area (Å²) < 4.78 is 54.6. The second-order valence-electron chi connectivity index (χ2n) is 6.02. The third-order valence-electron chi connectivity index (χ3n) is 4.26. The van der Waals surface area contributed by atoms with Gasteiger partial charge in [-0.25, -0.2) is 8.78 Å². The molecule has 0 aliphatic carbocycles. The first-order chi connectivity index (χ1) is 11.7. The average molecular weight is 409 g/mol. The summed E-state index contributed by atoms with van der Waals surface area (Å²) in [4.78, 5) is 14.0. The number of rotatable bonds is 4. The summed E-state index contributed by atoms with van der Waals surface area (Å²) in [5.74, 6) is -3.58. The van der Waals surface area contributed by atoms with Crippen LogP contribution in [0.4, 0.5) is 8.78 Å². The van der Waals surface area contributed by atoms with Gasteiger partial charge in [0.1, 0.15) is 10.9 Å². The van der Waals surface area contributed by atoms with Gasteiger partial charge in [0.15, 0.2) is 5.84 Å². The molecule has 1 unspecified atom stereocenters. The van der Waals surface area contributed by atoms with Gasteiger partial charge in [-0.05, 0) is 25.0 Å². The molecule has 2 heterocycles. The maximum Gasteiger partial charge on any atom is 0.285 e. The summed E-state index contributed by atoms with van der Waals surface area (Å²) in [6.45, 7) is -1.29. The SMILES string of the molecule is Cl.NCC(F)(F)CNC(=O)C1CCCN1C1=NS(=O)(=O)c2ccccc21. The monoisotopic (exact) mass is 408 g/mol. The highest BCUT2D eigenvalue weighted by molar-refractivity contribution is 7.90. The lowest BCUT2D eigenvalue weighted by atomic mass is 10.1. The van der Waals surface area contributed by atoms with Crippen molar-refractivity contribution in [3.63, 3.8) is 0 Å². The molecule has 1 fully saturated rings. The Morgan fingerprint density at radius 2 is 2.08 bits per heavy atom. The number of amides is 1. The summed E-state index contributed by atoms with van der Waals surface area (Å²) in [7, 11) is -3.80. The van der Waals surface area contributed by atoms with Crippen molar-refractivity contribution in [3.05, 3.63) is 29.8 Å². The Kier molecular flexibility index (Phi) is 5.89. The number of hydrogen-bond acceptors (Lipinski definition) is 5. The molecular weight excluding hydrogens is 390 g/mol. The van der Waals surface area contributed by atoms with E-state index in [1.807, 2.05) is 0 Å². The number of carbonyl (C=O) groups is 1. The van der Waals surface area contributed by atoms with E-state index in [1.54, 1.807) is 23.1 Å². The second kappa shape index (κ2) is 7.45. The Morgan fingerprint density at radius 1 is 1.38 bits per heavy atom. The van der Waals surface area contributed by atoms with Gasteiger partial charge in [-0.2, -0.15) is 8.42 Å². The number of nitrogens with two attached hydrogens (primary N) is 1. The van der Waals surface area contributed by atoms with Crippen LogP contribution >= 0.6 is 12.4 Å². The smallest absolute Gasteiger partial charge is 0.285 e. The quantitative estimate of drug-likeness (QED) is 0.764. The molecule has 0 radical (unpaired) electrons. The molecule has 1 aromatic carbocycles. The summed E-state index contributed by atoms with van der Waals surface area (Å²) in [5, 5.41) is 2.20. The molecule has 7 nitrogen and oxygen atoms in total. The van der Waals surface area contributed by atoms with Gasteiger partial charge in [0.25, 0.3) is 15.9 Å². The molecule has 1 aromatic rings. The maximum atomic E-state index is 13.2. The van der Waals surface area contributed by atoms with Crippen molar-refractivity contribution in [2.45, 2.75) is 29.7 Å². The van der Waals surface area contributed by atoms with Gasteiger partial charge < -0.3 is 16.0 Å². The molecule has 0 saturated carbocycles. The fraction of sp³-hybridized carbons (Fsp3) is 0.467. The number of benzene rings is 1. The van der Waals surface area contributed by atoms with Crippen molar-refractivity contribution < 1.29 is 22.0 Å². The minimum Gasteiger partial charge on any atom is -0.348 e. The number of nitrogens with one attached hydrogen (secondary N) is 1.